The molecule has 0 atom stereocenters. The van der Waals surface area contributed by atoms with Crippen molar-refractivity contribution in [3.63, 3.8) is 0 Å². The summed E-state index contributed by atoms with van der Waals surface area (Å²) in [6, 6.07) is 6.65. The Hall–Kier alpha value is -2.48. The van der Waals surface area contributed by atoms with E-state index in [-0.39, 0.29) is 11.6 Å². The smallest absolute Gasteiger partial charge is 0.335 e. The van der Waals surface area contributed by atoms with Gasteiger partial charge >= 0.3 is 12.0 Å². The molecule has 0 saturated carbocycles. The van der Waals surface area contributed by atoms with Gasteiger partial charge in [-0.05, 0) is 25.0 Å². The van der Waals surface area contributed by atoms with Gasteiger partial charge in [0.25, 0.3) is 0 Å². The molecule has 0 aliphatic rings. The molecule has 0 unspecified atom stereocenters. The van der Waals surface area contributed by atoms with E-state index in [1.54, 1.807) is 38.2 Å². The molecule has 0 radical (unpaired) electrons. The maximum absolute atomic E-state index is 11.8. The molecular weight excluding hydrogens is 268 g/mol. The molecule has 0 aliphatic carbocycles. The summed E-state index contributed by atoms with van der Waals surface area (Å²) in [4.78, 5) is 24.4. The summed E-state index contributed by atoms with van der Waals surface area (Å²) in [5.74, 6) is 4.69. The number of hydrogen-bond acceptors (Lipinski definition) is 2. The number of aromatic carboxylic acids is 1. The molecule has 21 heavy (non-hydrogen) atoms. The SMILES string of the molecule is CC#CCCNC(=O)N(C)CCc1ccccc1C(=O)O. The number of hydrogen-bond donors (Lipinski definition) is 2. The number of carboxylic acids is 1. The highest BCUT2D eigenvalue weighted by molar-refractivity contribution is 5.89. The summed E-state index contributed by atoms with van der Waals surface area (Å²) in [7, 11) is 1.68. The van der Waals surface area contributed by atoms with E-state index in [9.17, 15) is 9.59 Å². The minimum Gasteiger partial charge on any atom is -0.478 e. The highest BCUT2D eigenvalue weighted by Gasteiger charge is 2.11. The first kappa shape index (κ1) is 16.6. The number of benzene rings is 1. The minimum atomic E-state index is -0.948. The van der Waals surface area contributed by atoms with Crippen molar-refractivity contribution in [1.82, 2.24) is 10.2 Å². The van der Waals surface area contributed by atoms with E-state index in [0.29, 0.717) is 25.9 Å². The third-order valence-electron chi connectivity index (χ3n) is 3.01. The van der Waals surface area contributed by atoms with Crippen LogP contribution in [0.5, 0.6) is 0 Å². The lowest BCUT2D eigenvalue weighted by Gasteiger charge is -2.18. The summed E-state index contributed by atoms with van der Waals surface area (Å²) in [6.45, 7) is 2.72. The molecule has 1 rings (SSSR count). The van der Waals surface area contributed by atoms with Crippen LogP contribution in [0.3, 0.4) is 0 Å². The van der Waals surface area contributed by atoms with Crippen LogP contribution in [0.4, 0.5) is 4.79 Å². The van der Waals surface area contributed by atoms with Crippen molar-refractivity contribution in [2.24, 2.45) is 0 Å². The molecule has 1 aromatic rings. The van der Waals surface area contributed by atoms with E-state index >= 15 is 0 Å². The molecule has 0 spiro atoms. The summed E-state index contributed by atoms with van der Waals surface area (Å²) in [6.07, 6.45) is 1.12. The maximum atomic E-state index is 11.8. The van der Waals surface area contributed by atoms with Crippen LogP contribution in [0.2, 0.25) is 0 Å². The van der Waals surface area contributed by atoms with Crippen molar-refractivity contribution in [3.8, 4) is 11.8 Å². The molecule has 0 bridgehead atoms. The molecule has 2 amide bonds. The lowest BCUT2D eigenvalue weighted by molar-refractivity contribution is 0.0695. The zero-order valence-corrected chi connectivity index (χ0v) is 12.3. The number of nitrogens with one attached hydrogen (secondary N) is 1. The van der Waals surface area contributed by atoms with Crippen LogP contribution in [-0.2, 0) is 6.42 Å². The molecule has 5 nitrogen and oxygen atoms in total. The van der Waals surface area contributed by atoms with E-state index in [1.807, 2.05) is 0 Å². The van der Waals surface area contributed by atoms with Crippen LogP contribution < -0.4 is 5.32 Å². The number of rotatable bonds is 6. The Bertz CT molecular complexity index is 558. The van der Waals surface area contributed by atoms with Gasteiger partial charge in [0.1, 0.15) is 0 Å². The number of carbonyl (C=O) groups is 2. The molecule has 0 fully saturated rings. The molecule has 2 N–H and O–H groups in total. The second kappa shape index (κ2) is 8.64. The Morgan fingerprint density at radius 2 is 2.05 bits per heavy atom. The predicted octanol–water partition coefficient (Wildman–Crippen LogP) is 1.98. The molecule has 1 aromatic carbocycles. The van der Waals surface area contributed by atoms with E-state index in [1.165, 1.54) is 4.90 Å². The van der Waals surface area contributed by atoms with Gasteiger partial charge in [-0.3, -0.25) is 0 Å². The van der Waals surface area contributed by atoms with Crippen molar-refractivity contribution in [2.75, 3.05) is 20.1 Å². The third kappa shape index (κ3) is 5.57. The fourth-order valence-electron chi connectivity index (χ4n) is 1.83. The topological polar surface area (TPSA) is 69.6 Å². The van der Waals surface area contributed by atoms with Crippen molar-refractivity contribution in [1.29, 1.82) is 0 Å². The van der Waals surface area contributed by atoms with Gasteiger partial charge in [0.05, 0.1) is 5.56 Å². The minimum absolute atomic E-state index is 0.180. The Morgan fingerprint density at radius 3 is 2.71 bits per heavy atom. The van der Waals surface area contributed by atoms with Crippen LogP contribution in [0, 0.1) is 11.8 Å². The summed E-state index contributed by atoms with van der Waals surface area (Å²) in [5, 5.41) is 11.9. The quantitative estimate of drug-likeness (QED) is 0.621. The number of likely N-dealkylation sites (N-methyl/N-ethyl adjacent to an activating group) is 1. The second-order valence-corrected chi connectivity index (χ2v) is 4.54. The molecular formula is C16H20N2O3. The summed E-state index contributed by atoms with van der Waals surface area (Å²) < 4.78 is 0. The van der Waals surface area contributed by atoms with Gasteiger partial charge in [-0.15, -0.1) is 11.8 Å². The Morgan fingerprint density at radius 1 is 1.33 bits per heavy atom. The fraction of sp³-hybridized carbons (Fsp3) is 0.375. The molecule has 0 aromatic heterocycles. The van der Waals surface area contributed by atoms with Crippen molar-refractivity contribution in [3.05, 3.63) is 35.4 Å². The molecule has 0 aliphatic heterocycles. The largest absolute Gasteiger partial charge is 0.478 e. The van der Waals surface area contributed by atoms with Crippen LogP contribution in [0.1, 0.15) is 29.3 Å². The van der Waals surface area contributed by atoms with Crippen LogP contribution in [0.25, 0.3) is 0 Å². The van der Waals surface area contributed by atoms with E-state index in [2.05, 4.69) is 17.2 Å². The van der Waals surface area contributed by atoms with Crippen molar-refractivity contribution >= 4 is 12.0 Å². The van der Waals surface area contributed by atoms with Crippen LogP contribution in [-0.4, -0.2) is 42.1 Å². The average Bonchev–Trinajstić information content (AvgIpc) is 2.49. The molecule has 112 valence electrons. The summed E-state index contributed by atoms with van der Waals surface area (Å²) in [5.41, 5.74) is 1.01. The highest BCUT2D eigenvalue weighted by Crippen LogP contribution is 2.10. The van der Waals surface area contributed by atoms with Gasteiger partial charge < -0.3 is 15.3 Å². The number of nitrogens with zero attached hydrogens (tertiary/aromatic N) is 1. The number of urea groups is 1. The Labute approximate surface area is 125 Å². The van der Waals surface area contributed by atoms with E-state index < -0.39 is 5.97 Å². The van der Waals surface area contributed by atoms with Gasteiger partial charge in [-0.25, -0.2) is 9.59 Å². The lowest BCUT2D eigenvalue weighted by atomic mass is 10.0. The van der Waals surface area contributed by atoms with E-state index in [0.717, 1.165) is 5.56 Å². The monoisotopic (exact) mass is 288 g/mol. The maximum Gasteiger partial charge on any atom is 0.335 e. The Balaban J connectivity index is 2.48. The second-order valence-electron chi connectivity index (χ2n) is 4.54. The Kier molecular flexibility index (Phi) is 6.82. The molecule has 0 saturated heterocycles. The standard InChI is InChI=1S/C16H20N2O3/c1-3-4-7-11-17-16(21)18(2)12-10-13-8-5-6-9-14(13)15(19)20/h5-6,8-9H,7,10-12H2,1-2H3,(H,17,21)(H,19,20). The van der Waals surface area contributed by atoms with Crippen LogP contribution >= 0.6 is 0 Å². The first-order chi connectivity index (χ1) is 10.1. The first-order valence-electron chi connectivity index (χ1n) is 6.76. The van der Waals surface area contributed by atoms with Gasteiger partial charge in [0.15, 0.2) is 0 Å². The molecule has 0 heterocycles. The number of carbonyl (C=O) groups excluding carboxylic acids is 1. The van der Waals surface area contributed by atoms with Gasteiger partial charge in [-0.1, -0.05) is 18.2 Å². The zero-order chi connectivity index (χ0) is 15.7. The third-order valence-corrected chi connectivity index (χ3v) is 3.01. The van der Waals surface area contributed by atoms with Crippen molar-refractivity contribution < 1.29 is 14.7 Å². The van der Waals surface area contributed by atoms with Gasteiger partial charge in [-0.2, -0.15) is 0 Å². The normalized spacial score (nSPS) is 9.43. The van der Waals surface area contributed by atoms with Crippen LogP contribution in [0.15, 0.2) is 24.3 Å². The number of amides is 2. The molecule has 5 heteroatoms. The first-order valence-corrected chi connectivity index (χ1v) is 6.76. The lowest BCUT2D eigenvalue weighted by Crippen LogP contribution is -2.38. The van der Waals surface area contributed by atoms with Gasteiger partial charge in [0, 0.05) is 26.6 Å². The average molecular weight is 288 g/mol. The number of carboxylic acid groups (broad SMARTS) is 1. The zero-order valence-electron chi connectivity index (χ0n) is 12.3. The predicted molar refractivity (Wildman–Crippen MR) is 81.2 cm³/mol. The van der Waals surface area contributed by atoms with Gasteiger partial charge in [0.2, 0.25) is 0 Å². The summed E-state index contributed by atoms with van der Waals surface area (Å²) >= 11 is 0. The van der Waals surface area contributed by atoms with Crippen molar-refractivity contribution in [2.45, 2.75) is 19.8 Å². The highest BCUT2D eigenvalue weighted by atomic mass is 16.4. The van der Waals surface area contributed by atoms with E-state index in [4.69, 9.17) is 5.11 Å². The fourth-order valence-corrected chi connectivity index (χ4v) is 1.83.